The monoisotopic (exact) mass is 583 g/mol. The van der Waals surface area contributed by atoms with Crippen LogP contribution in [0.25, 0.3) is 22.6 Å². The van der Waals surface area contributed by atoms with E-state index in [4.69, 9.17) is 14.5 Å². The number of ether oxygens (including phenoxy) is 2. The molecule has 0 radical (unpaired) electrons. The first-order valence-corrected chi connectivity index (χ1v) is 19.7. The number of fused-ring (bicyclic) bond motifs is 1. The first kappa shape index (κ1) is 29.3. The minimum Gasteiger partial charge on any atom is -0.457 e. The number of hydrogen-bond donors (Lipinski definition) is 0. The number of thioether (sulfide) groups is 1. The molecule has 0 aliphatic heterocycles. The van der Waals surface area contributed by atoms with Crippen LogP contribution in [0.4, 0.5) is 0 Å². The molecule has 0 aliphatic rings. The summed E-state index contributed by atoms with van der Waals surface area (Å²) in [5.41, 5.74) is 3.57. The average molecular weight is 584 g/mol. The Labute approximate surface area is 236 Å². The third-order valence-corrected chi connectivity index (χ3v) is 10.7. The summed E-state index contributed by atoms with van der Waals surface area (Å²) >= 11 is 1.81. The summed E-state index contributed by atoms with van der Waals surface area (Å²) in [7, 11) is -4.48. The molecule has 0 N–H and O–H groups in total. The highest BCUT2D eigenvalue weighted by Crippen LogP contribution is 2.35. The lowest BCUT2D eigenvalue weighted by molar-refractivity contribution is 0.0909. The minimum atomic E-state index is -3.27. The minimum absolute atomic E-state index is 0.0609. The molecule has 2 heterocycles. The third kappa shape index (κ3) is 7.51. The molecule has 10 heteroatoms. The maximum absolute atomic E-state index is 12.2. The molecule has 2 aromatic heterocycles. The van der Waals surface area contributed by atoms with Gasteiger partial charge >= 0.3 is 0 Å². The number of pyridine rings is 1. The fourth-order valence-electron chi connectivity index (χ4n) is 3.98. The van der Waals surface area contributed by atoms with E-state index in [-0.39, 0.29) is 5.75 Å². The number of imidazole rings is 1. The molecule has 0 fully saturated rings. The summed E-state index contributed by atoms with van der Waals surface area (Å²) in [5, 5.41) is 0. The summed E-state index contributed by atoms with van der Waals surface area (Å²) < 4.78 is 39.0. The second-order valence-electron chi connectivity index (χ2n) is 10.5. The van der Waals surface area contributed by atoms with Crippen LogP contribution in [0.5, 0.6) is 11.5 Å². The van der Waals surface area contributed by atoms with E-state index in [1.807, 2.05) is 36.0 Å². The zero-order chi connectivity index (χ0) is 28.0. The van der Waals surface area contributed by atoms with Gasteiger partial charge in [0.1, 0.15) is 23.9 Å². The van der Waals surface area contributed by atoms with E-state index < -0.39 is 17.9 Å². The lowest BCUT2D eigenvalue weighted by atomic mass is 10.2. The van der Waals surface area contributed by atoms with Crippen LogP contribution < -0.4 is 4.74 Å². The van der Waals surface area contributed by atoms with Gasteiger partial charge in [-0.15, -0.1) is 0 Å². The summed E-state index contributed by atoms with van der Waals surface area (Å²) in [5.74, 6) is 3.83. The topological polar surface area (TPSA) is 83.3 Å². The van der Waals surface area contributed by atoms with Gasteiger partial charge in [-0.05, 0) is 54.3 Å². The Bertz CT molecular complexity index is 1500. The Hall–Kier alpha value is -2.66. The quantitative estimate of drug-likeness (QED) is 0.121. The van der Waals surface area contributed by atoms with E-state index in [9.17, 15) is 8.42 Å². The second-order valence-corrected chi connectivity index (χ2v) is 19.7. The predicted octanol–water partition coefficient (Wildman–Crippen LogP) is 7.25. The van der Waals surface area contributed by atoms with E-state index in [0.29, 0.717) is 29.7 Å². The van der Waals surface area contributed by atoms with E-state index in [2.05, 4.69) is 42.2 Å². The van der Waals surface area contributed by atoms with Crippen molar-refractivity contribution < 1.29 is 17.9 Å². The second kappa shape index (κ2) is 12.7. The van der Waals surface area contributed by atoms with Gasteiger partial charge in [0.25, 0.3) is 0 Å². The van der Waals surface area contributed by atoms with Gasteiger partial charge in [-0.3, -0.25) is 9.55 Å². The van der Waals surface area contributed by atoms with Gasteiger partial charge in [0, 0.05) is 38.3 Å². The molecule has 2 aromatic carbocycles. The van der Waals surface area contributed by atoms with Crippen LogP contribution in [0.2, 0.25) is 25.7 Å². The Morgan fingerprint density at radius 2 is 1.79 bits per heavy atom. The first-order valence-electron chi connectivity index (χ1n) is 13.2. The highest BCUT2D eigenvalue weighted by atomic mass is 32.2. The molecule has 0 saturated carbocycles. The SMILES string of the molecule is CCSCc1cc2c(cc1Oc1ccc(S(=O)(=O)CC)cc1)nc(-c1ccccn1)n2COCC[Si](C)(C)C. The van der Waals surface area contributed by atoms with Crippen LogP contribution in [0, 0.1) is 0 Å². The normalized spacial score (nSPS) is 12.2. The molecular weight excluding hydrogens is 547 g/mol. The number of nitrogens with zero attached hydrogens (tertiary/aromatic N) is 3. The summed E-state index contributed by atoms with van der Waals surface area (Å²) in [6.45, 7) is 11.9. The van der Waals surface area contributed by atoms with Crippen LogP contribution in [-0.2, 0) is 27.1 Å². The third-order valence-electron chi connectivity index (χ3n) is 6.29. The van der Waals surface area contributed by atoms with Gasteiger partial charge in [-0.2, -0.15) is 11.8 Å². The summed E-state index contributed by atoms with van der Waals surface area (Å²) in [4.78, 5) is 9.80. The van der Waals surface area contributed by atoms with Gasteiger partial charge in [-0.1, -0.05) is 39.6 Å². The Morgan fingerprint density at radius 1 is 1.03 bits per heavy atom. The number of sulfone groups is 1. The summed E-state index contributed by atoms with van der Waals surface area (Å²) in [6.07, 6.45) is 1.77. The average Bonchev–Trinajstić information content (AvgIpc) is 3.27. The molecule has 208 valence electrons. The Kier molecular flexibility index (Phi) is 9.53. The molecule has 0 atom stereocenters. The van der Waals surface area contributed by atoms with E-state index >= 15 is 0 Å². The largest absolute Gasteiger partial charge is 0.457 e. The van der Waals surface area contributed by atoms with Gasteiger partial charge in [0.05, 0.1) is 21.7 Å². The maximum atomic E-state index is 12.2. The molecule has 39 heavy (non-hydrogen) atoms. The Morgan fingerprint density at radius 3 is 2.44 bits per heavy atom. The first-order chi connectivity index (χ1) is 18.6. The van der Waals surface area contributed by atoms with Crippen molar-refractivity contribution in [3.63, 3.8) is 0 Å². The maximum Gasteiger partial charge on any atom is 0.178 e. The van der Waals surface area contributed by atoms with E-state index in [1.54, 1.807) is 37.4 Å². The van der Waals surface area contributed by atoms with Crippen LogP contribution in [0.1, 0.15) is 19.4 Å². The fraction of sp³-hybridized carbons (Fsp3) is 0.379. The van der Waals surface area contributed by atoms with Crippen molar-refractivity contribution in [2.24, 2.45) is 0 Å². The predicted molar refractivity (Wildman–Crippen MR) is 163 cm³/mol. The molecule has 0 spiro atoms. The molecule has 4 rings (SSSR count). The summed E-state index contributed by atoms with van der Waals surface area (Å²) in [6, 6.07) is 17.6. The number of rotatable bonds is 13. The molecule has 7 nitrogen and oxygen atoms in total. The number of hydrogen-bond acceptors (Lipinski definition) is 7. The highest BCUT2D eigenvalue weighted by Gasteiger charge is 2.19. The van der Waals surface area contributed by atoms with Crippen LogP contribution in [0.15, 0.2) is 65.7 Å². The molecule has 0 bridgehead atoms. The van der Waals surface area contributed by atoms with Crippen molar-refractivity contribution in [1.29, 1.82) is 0 Å². The zero-order valence-electron chi connectivity index (χ0n) is 23.3. The molecule has 4 aromatic rings. The van der Waals surface area contributed by atoms with Crippen molar-refractivity contribution in [1.82, 2.24) is 14.5 Å². The number of benzene rings is 2. The fourth-order valence-corrected chi connectivity index (χ4v) is 6.27. The van der Waals surface area contributed by atoms with E-state index in [1.165, 1.54) is 0 Å². The van der Waals surface area contributed by atoms with Gasteiger partial charge in [-0.25, -0.2) is 13.4 Å². The van der Waals surface area contributed by atoms with Crippen molar-refractivity contribution in [2.75, 3.05) is 18.1 Å². The Balaban J connectivity index is 1.73. The van der Waals surface area contributed by atoms with E-state index in [0.717, 1.165) is 45.7 Å². The van der Waals surface area contributed by atoms with Crippen molar-refractivity contribution >= 4 is 40.7 Å². The van der Waals surface area contributed by atoms with Crippen LogP contribution >= 0.6 is 11.8 Å². The molecule has 0 amide bonds. The van der Waals surface area contributed by atoms with Gasteiger partial charge in [0.2, 0.25) is 0 Å². The lowest BCUT2D eigenvalue weighted by Gasteiger charge is -2.17. The zero-order valence-corrected chi connectivity index (χ0v) is 25.9. The molecule has 0 aliphatic carbocycles. The smallest absolute Gasteiger partial charge is 0.178 e. The highest BCUT2D eigenvalue weighted by molar-refractivity contribution is 7.98. The van der Waals surface area contributed by atoms with Crippen LogP contribution in [-0.4, -0.2) is 49.1 Å². The molecular formula is C29H37N3O4S2Si. The number of aromatic nitrogens is 3. The standard InChI is InChI=1S/C29H37N3O4S2Si/c1-6-37-20-22-18-27-26(19-28(22)36-23-11-13-24(14-12-23)38(33,34)7-2)31-29(25-10-8-9-15-30-25)32(27)21-35-16-17-39(3,4)5/h8-15,18-19H,6-7,16-17,20-21H2,1-5H3. The molecule has 0 unspecified atom stereocenters. The van der Waals surface area contributed by atoms with Crippen molar-refractivity contribution in [3.05, 3.63) is 66.4 Å². The molecule has 0 saturated heterocycles. The van der Waals surface area contributed by atoms with Crippen molar-refractivity contribution in [3.8, 4) is 23.0 Å². The van der Waals surface area contributed by atoms with Gasteiger partial charge in [0.15, 0.2) is 15.7 Å². The lowest BCUT2D eigenvalue weighted by Crippen LogP contribution is -2.22. The van der Waals surface area contributed by atoms with Gasteiger partial charge < -0.3 is 9.47 Å². The van der Waals surface area contributed by atoms with Crippen LogP contribution in [0.3, 0.4) is 0 Å². The van der Waals surface area contributed by atoms with Crippen molar-refractivity contribution in [2.45, 2.75) is 56.9 Å².